The molecule has 0 radical (unpaired) electrons. The van der Waals surface area contributed by atoms with Crippen LogP contribution in [0, 0.1) is 0 Å². The van der Waals surface area contributed by atoms with Crippen LogP contribution in [0.2, 0.25) is 5.02 Å². The third kappa shape index (κ3) is 6.80. The highest BCUT2D eigenvalue weighted by Crippen LogP contribution is 2.38. The molecule has 0 aliphatic rings. The first-order chi connectivity index (χ1) is 17.0. The fourth-order valence-corrected chi connectivity index (χ4v) is 3.30. The molecule has 0 atom stereocenters. The number of hydrogen-bond acceptors (Lipinski definition) is 7. The van der Waals surface area contributed by atoms with E-state index < -0.39 is 5.91 Å². The second kappa shape index (κ2) is 12.5. The Bertz CT molecular complexity index is 1160. The number of nitrogens with one attached hydrogen (secondary N) is 1. The lowest BCUT2D eigenvalue weighted by molar-refractivity contribution is 0.0954. The van der Waals surface area contributed by atoms with E-state index in [-0.39, 0.29) is 0 Å². The topological polar surface area (TPSA) is 87.6 Å². The average Bonchev–Trinajstić information content (AvgIpc) is 2.88. The van der Waals surface area contributed by atoms with Crippen molar-refractivity contribution in [1.82, 2.24) is 5.43 Å². The van der Waals surface area contributed by atoms with Crippen molar-refractivity contribution in [2.24, 2.45) is 5.10 Å². The number of hydrogen-bond donors (Lipinski definition) is 1. The molecule has 1 N–H and O–H groups in total. The third-order valence-electron chi connectivity index (χ3n) is 4.88. The summed E-state index contributed by atoms with van der Waals surface area (Å²) in [5.41, 5.74) is 4.51. The van der Waals surface area contributed by atoms with Gasteiger partial charge in [-0.15, -0.1) is 0 Å². The fraction of sp³-hybridized carbons (Fsp3) is 0.231. The van der Waals surface area contributed by atoms with E-state index in [0.29, 0.717) is 52.5 Å². The molecule has 0 bridgehead atoms. The van der Waals surface area contributed by atoms with Crippen LogP contribution in [0.5, 0.6) is 28.7 Å². The predicted octanol–water partition coefficient (Wildman–Crippen LogP) is 5.11. The number of ether oxygens (including phenoxy) is 5. The summed E-state index contributed by atoms with van der Waals surface area (Å²) < 4.78 is 27.5. The molecule has 0 unspecified atom stereocenters. The van der Waals surface area contributed by atoms with Gasteiger partial charge in [0.25, 0.3) is 5.91 Å². The number of carbonyl (C=O) groups excluding carboxylic acids is 1. The molecule has 0 aliphatic carbocycles. The van der Waals surface area contributed by atoms with Gasteiger partial charge in [0, 0.05) is 10.6 Å². The molecule has 35 heavy (non-hydrogen) atoms. The number of methoxy groups -OCH3 is 3. The zero-order valence-electron chi connectivity index (χ0n) is 20.0. The lowest BCUT2D eigenvalue weighted by Gasteiger charge is -2.13. The first kappa shape index (κ1) is 25.7. The number of amides is 1. The van der Waals surface area contributed by atoms with Gasteiger partial charge in [0.05, 0.1) is 34.2 Å². The van der Waals surface area contributed by atoms with Gasteiger partial charge < -0.3 is 23.7 Å². The van der Waals surface area contributed by atoms with Crippen LogP contribution in [0.15, 0.2) is 59.7 Å². The van der Waals surface area contributed by atoms with Crippen LogP contribution < -0.4 is 29.1 Å². The van der Waals surface area contributed by atoms with Crippen LogP contribution in [0.25, 0.3) is 0 Å². The van der Waals surface area contributed by atoms with Gasteiger partial charge >= 0.3 is 0 Å². The Kier molecular flexibility index (Phi) is 9.20. The summed E-state index contributed by atoms with van der Waals surface area (Å²) in [5, 5.41) is 4.73. The van der Waals surface area contributed by atoms with Crippen LogP contribution in [-0.4, -0.2) is 40.1 Å². The van der Waals surface area contributed by atoms with Crippen molar-refractivity contribution < 1.29 is 28.5 Å². The molecule has 0 fully saturated rings. The van der Waals surface area contributed by atoms with E-state index in [0.717, 1.165) is 11.1 Å². The van der Waals surface area contributed by atoms with Crippen LogP contribution in [0.4, 0.5) is 0 Å². The molecule has 0 saturated carbocycles. The number of benzene rings is 3. The van der Waals surface area contributed by atoms with Crippen molar-refractivity contribution in [3.05, 3.63) is 76.3 Å². The standard InChI is InChI=1S/C26H27ClN2O6/c1-5-34-22-12-18(8-11-21(22)35-16-17-6-9-20(27)10-7-17)15-28-29-26(30)19-13-23(31-2)25(33-4)24(14-19)32-3/h6-15H,5,16H2,1-4H3,(H,29,30)/b28-15-. The Morgan fingerprint density at radius 2 is 1.57 bits per heavy atom. The summed E-state index contributed by atoms with van der Waals surface area (Å²) in [4.78, 5) is 12.6. The van der Waals surface area contributed by atoms with Gasteiger partial charge in [-0.25, -0.2) is 5.43 Å². The zero-order chi connectivity index (χ0) is 25.2. The second-order valence-corrected chi connectivity index (χ2v) is 7.60. The quantitative estimate of drug-likeness (QED) is 0.292. The molecule has 0 saturated heterocycles. The van der Waals surface area contributed by atoms with Gasteiger partial charge in [0.15, 0.2) is 23.0 Å². The maximum absolute atomic E-state index is 12.6. The Balaban J connectivity index is 1.69. The molecule has 1 amide bonds. The Labute approximate surface area is 209 Å². The van der Waals surface area contributed by atoms with Gasteiger partial charge in [0.1, 0.15) is 6.61 Å². The molecule has 3 aromatic carbocycles. The van der Waals surface area contributed by atoms with Crippen molar-refractivity contribution in [3.8, 4) is 28.7 Å². The lowest BCUT2D eigenvalue weighted by atomic mass is 10.1. The summed E-state index contributed by atoms with van der Waals surface area (Å²) in [6.07, 6.45) is 1.52. The molecule has 0 spiro atoms. The van der Waals surface area contributed by atoms with Crippen molar-refractivity contribution in [3.63, 3.8) is 0 Å². The normalized spacial score (nSPS) is 10.7. The van der Waals surface area contributed by atoms with E-state index in [1.807, 2.05) is 37.3 Å². The number of nitrogens with zero attached hydrogens (tertiary/aromatic N) is 1. The van der Waals surface area contributed by atoms with Crippen LogP contribution in [0.3, 0.4) is 0 Å². The van der Waals surface area contributed by atoms with Crippen molar-refractivity contribution in [1.29, 1.82) is 0 Å². The smallest absolute Gasteiger partial charge is 0.271 e. The highest BCUT2D eigenvalue weighted by Gasteiger charge is 2.16. The van der Waals surface area contributed by atoms with Crippen molar-refractivity contribution >= 4 is 23.7 Å². The first-order valence-electron chi connectivity index (χ1n) is 10.8. The van der Waals surface area contributed by atoms with Gasteiger partial charge in [-0.05, 0) is 60.5 Å². The average molecular weight is 499 g/mol. The van der Waals surface area contributed by atoms with Gasteiger partial charge in [0.2, 0.25) is 5.75 Å². The van der Waals surface area contributed by atoms with E-state index in [1.165, 1.54) is 27.5 Å². The SMILES string of the molecule is CCOc1cc(/C=N\NC(=O)c2cc(OC)c(OC)c(OC)c2)ccc1OCc1ccc(Cl)cc1. The highest BCUT2D eigenvalue weighted by atomic mass is 35.5. The number of hydrazone groups is 1. The summed E-state index contributed by atoms with van der Waals surface area (Å²) in [5.74, 6) is 1.88. The Morgan fingerprint density at radius 1 is 0.886 bits per heavy atom. The molecule has 184 valence electrons. The van der Waals surface area contributed by atoms with E-state index in [9.17, 15) is 4.79 Å². The highest BCUT2D eigenvalue weighted by molar-refractivity contribution is 6.30. The molecular weight excluding hydrogens is 472 g/mol. The fourth-order valence-electron chi connectivity index (χ4n) is 3.18. The summed E-state index contributed by atoms with van der Waals surface area (Å²) in [6.45, 7) is 2.73. The van der Waals surface area contributed by atoms with E-state index in [2.05, 4.69) is 10.5 Å². The number of carbonyl (C=O) groups is 1. The molecule has 3 aromatic rings. The zero-order valence-corrected chi connectivity index (χ0v) is 20.7. The van der Waals surface area contributed by atoms with E-state index in [4.69, 9.17) is 35.3 Å². The minimum atomic E-state index is -0.437. The van der Waals surface area contributed by atoms with E-state index >= 15 is 0 Å². The minimum absolute atomic E-state index is 0.303. The maximum atomic E-state index is 12.6. The Hall–Kier alpha value is -3.91. The van der Waals surface area contributed by atoms with Crippen LogP contribution in [0.1, 0.15) is 28.4 Å². The lowest BCUT2D eigenvalue weighted by Crippen LogP contribution is -2.18. The minimum Gasteiger partial charge on any atom is -0.493 e. The maximum Gasteiger partial charge on any atom is 0.271 e. The van der Waals surface area contributed by atoms with Crippen molar-refractivity contribution in [2.45, 2.75) is 13.5 Å². The van der Waals surface area contributed by atoms with Crippen molar-refractivity contribution in [2.75, 3.05) is 27.9 Å². The molecule has 9 heteroatoms. The van der Waals surface area contributed by atoms with E-state index in [1.54, 1.807) is 24.3 Å². The van der Waals surface area contributed by atoms with Gasteiger partial charge in [-0.2, -0.15) is 5.10 Å². The van der Waals surface area contributed by atoms with Gasteiger partial charge in [-0.3, -0.25) is 4.79 Å². The molecule has 0 heterocycles. The van der Waals surface area contributed by atoms with Gasteiger partial charge in [-0.1, -0.05) is 23.7 Å². The van der Waals surface area contributed by atoms with Crippen LogP contribution >= 0.6 is 11.6 Å². The first-order valence-corrected chi connectivity index (χ1v) is 11.1. The van der Waals surface area contributed by atoms with Crippen LogP contribution in [-0.2, 0) is 6.61 Å². The summed E-state index contributed by atoms with van der Waals surface area (Å²) >= 11 is 5.93. The largest absolute Gasteiger partial charge is 0.493 e. The Morgan fingerprint density at radius 3 is 2.17 bits per heavy atom. The third-order valence-corrected chi connectivity index (χ3v) is 5.13. The number of rotatable bonds is 11. The molecule has 0 aromatic heterocycles. The number of halogens is 1. The molecule has 0 aliphatic heterocycles. The second-order valence-electron chi connectivity index (χ2n) is 7.17. The molecule has 3 rings (SSSR count). The molecular formula is C26H27ClN2O6. The molecule has 8 nitrogen and oxygen atoms in total. The summed E-state index contributed by atoms with van der Waals surface area (Å²) in [7, 11) is 4.46. The predicted molar refractivity (Wildman–Crippen MR) is 135 cm³/mol. The summed E-state index contributed by atoms with van der Waals surface area (Å²) in [6, 6.07) is 15.9. The monoisotopic (exact) mass is 498 g/mol.